The lowest BCUT2D eigenvalue weighted by Crippen LogP contribution is -2.15. The topological polar surface area (TPSA) is 96.4 Å². The number of anilines is 1. The van der Waals surface area contributed by atoms with Gasteiger partial charge >= 0.3 is 5.97 Å². The number of nitrogens with one attached hydrogen (secondary N) is 1. The summed E-state index contributed by atoms with van der Waals surface area (Å²) >= 11 is 1.35. The van der Waals surface area contributed by atoms with Crippen LogP contribution in [0.25, 0.3) is 10.2 Å². The number of benzene rings is 2. The maximum absolute atomic E-state index is 13.9. The molecule has 0 bridgehead atoms. The van der Waals surface area contributed by atoms with E-state index in [-0.39, 0.29) is 11.3 Å². The number of rotatable bonds is 4. The molecule has 1 aromatic heterocycles. The Kier molecular flexibility index (Phi) is 3.74. The third-order valence-electron chi connectivity index (χ3n) is 3.05. The van der Waals surface area contributed by atoms with Gasteiger partial charge in [0.05, 0.1) is 27.0 Å². The maximum Gasteiger partial charge on any atom is 0.335 e. The number of carboxylic acid groups (broad SMARTS) is 1. The maximum atomic E-state index is 13.9. The van der Waals surface area contributed by atoms with Crippen LogP contribution in [0.1, 0.15) is 10.4 Å². The zero-order valence-electron chi connectivity index (χ0n) is 11.4. The summed E-state index contributed by atoms with van der Waals surface area (Å²) in [6, 6.07) is 7.38. The van der Waals surface area contributed by atoms with Crippen molar-refractivity contribution in [3.05, 3.63) is 53.3 Å². The van der Waals surface area contributed by atoms with Crippen molar-refractivity contribution in [3.8, 4) is 0 Å². The van der Waals surface area contributed by atoms with Crippen molar-refractivity contribution in [2.75, 3.05) is 4.72 Å². The number of carboxylic acids is 1. The van der Waals surface area contributed by atoms with Gasteiger partial charge in [0.15, 0.2) is 0 Å². The third-order valence-corrected chi connectivity index (χ3v) is 5.26. The van der Waals surface area contributed by atoms with Crippen LogP contribution in [0.15, 0.2) is 46.8 Å². The molecule has 0 aliphatic rings. The molecule has 0 fully saturated rings. The van der Waals surface area contributed by atoms with Gasteiger partial charge in [0, 0.05) is 0 Å². The Morgan fingerprint density at radius 1 is 1.22 bits per heavy atom. The molecule has 3 rings (SSSR count). The van der Waals surface area contributed by atoms with Gasteiger partial charge < -0.3 is 5.11 Å². The van der Waals surface area contributed by atoms with Crippen LogP contribution in [0.3, 0.4) is 0 Å². The summed E-state index contributed by atoms with van der Waals surface area (Å²) < 4.78 is 41.5. The van der Waals surface area contributed by atoms with Gasteiger partial charge in [-0.1, -0.05) is 0 Å². The van der Waals surface area contributed by atoms with Gasteiger partial charge in [0.25, 0.3) is 10.0 Å². The summed E-state index contributed by atoms with van der Waals surface area (Å²) in [5.41, 5.74) is 2.30. The second-order valence-electron chi connectivity index (χ2n) is 4.59. The van der Waals surface area contributed by atoms with Crippen LogP contribution in [0.4, 0.5) is 10.1 Å². The molecule has 0 saturated heterocycles. The molecule has 0 aliphatic heterocycles. The first-order chi connectivity index (χ1) is 10.9. The zero-order valence-corrected chi connectivity index (χ0v) is 13.0. The third kappa shape index (κ3) is 3.01. The Hall–Kier alpha value is -2.52. The van der Waals surface area contributed by atoms with E-state index in [1.54, 1.807) is 17.6 Å². The number of carbonyl (C=O) groups is 1. The van der Waals surface area contributed by atoms with Crippen LogP contribution in [-0.4, -0.2) is 24.5 Å². The number of fused-ring (bicyclic) bond motifs is 1. The highest BCUT2D eigenvalue weighted by atomic mass is 32.2. The zero-order chi connectivity index (χ0) is 16.6. The van der Waals surface area contributed by atoms with Gasteiger partial charge in [-0.05, 0) is 36.4 Å². The van der Waals surface area contributed by atoms with Crippen LogP contribution in [0, 0.1) is 5.82 Å². The van der Waals surface area contributed by atoms with Crippen LogP contribution in [0.2, 0.25) is 0 Å². The van der Waals surface area contributed by atoms with Gasteiger partial charge in [-0.25, -0.2) is 22.6 Å². The van der Waals surface area contributed by atoms with Crippen molar-refractivity contribution in [1.82, 2.24) is 4.98 Å². The van der Waals surface area contributed by atoms with Crippen LogP contribution >= 0.6 is 11.3 Å². The Balaban J connectivity index is 1.96. The summed E-state index contributed by atoms with van der Waals surface area (Å²) in [6.07, 6.45) is 0. The molecule has 0 aliphatic carbocycles. The van der Waals surface area contributed by atoms with E-state index >= 15 is 0 Å². The van der Waals surface area contributed by atoms with Crippen LogP contribution in [0.5, 0.6) is 0 Å². The lowest BCUT2D eigenvalue weighted by atomic mass is 10.2. The van der Waals surface area contributed by atoms with Gasteiger partial charge in [-0.15, -0.1) is 11.3 Å². The SMILES string of the molecule is O=C(O)c1ccc(S(=O)(=O)Nc2ccc3ncsc3c2)c(F)c1. The van der Waals surface area contributed by atoms with Crippen molar-refractivity contribution >= 4 is 43.2 Å². The summed E-state index contributed by atoms with van der Waals surface area (Å²) in [6.45, 7) is 0. The molecule has 2 N–H and O–H groups in total. The van der Waals surface area contributed by atoms with Crippen LogP contribution in [-0.2, 0) is 10.0 Å². The predicted octanol–water partition coefficient (Wildman–Crippen LogP) is 2.93. The second-order valence-corrected chi connectivity index (χ2v) is 7.13. The number of thiazole rings is 1. The normalized spacial score (nSPS) is 11.5. The molecular weight excluding hydrogens is 343 g/mol. The van der Waals surface area contributed by atoms with Crippen molar-refractivity contribution in [3.63, 3.8) is 0 Å². The molecule has 3 aromatic rings. The standard InChI is InChI=1S/C14H9FN2O4S2/c15-10-5-8(14(18)19)1-4-13(10)23(20,21)17-9-2-3-11-12(6-9)22-7-16-11/h1-7,17H,(H,18,19). The molecule has 0 atom stereocenters. The van der Waals surface area contributed by atoms with Crippen molar-refractivity contribution < 1.29 is 22.7 Å². The van der Waals surface area contributed by atoms with E-state index in [1.165, 1.54) is 17.4 Å². The molecule has 1 heterocycles. The smallest absolute Gasteiger partial charge is 0.335 e. The summed E-state index contributed by atoms with van der Waals surface area (Å²) in [5.74, 6) is -2.47. The fraction of sp³-hybridized carbons (Fsp3) is 0. The molecule has 23 heavy (non-hydrogen) atoms. The summed E-state index contributed by atoms with van der Waals surface area (Å²) in [4.78, 5) is 14.2. The van der Waals surface area contributed by atoms with Gasteiger partial charge in [-0.2, -0.15) is 0 Å². The van der Waals surface area contributed by atoms with E-state index in [0.29, 0.717) is 6.07 Å². The molecule has 2 aromatic carbocycles. The average Bonchev–Trinajstić information content (AvgIpc) is 2.93. The number of aromatic carboxylic acids is 1. The van der Waals surface area contributed by atoms with E-state index < -0.39 is 26.7 Å². The fourth-order valence-corrected chi connectivity index (χ4v) is 3.81. The number of nitrogens with zero attached hydrogens (tertiary/aromatic N) is 1. The molecule has 6 nitrogen and oxygen atoms in total. The molecule has 0 saturated carbocycles. The Morgan fingerprint density at radius 2 is 2.00 bits per heavy atom. The van der Waals surface area contributed by atoms with Gasteiger partial charge in [-0.3, -0.25) is 4.72 Å². The molecule has 0 unspecified atom stereocenters. The number of sulfonamides is 1. The first-order valence-corrected chi connectivity index (χ1v) is 8.62. The van der Waals surface area contributed by atoms with E-state index in [9.17, 15) is 17.6 Å². The van der Waals surface area contributed by atoms with E-state index in [1.807, 2.05) is 0 Å². The Labute approximate surface area is 134 Å². The number of hydrogen-bond donors (Lipinski definition) is 2. The number of aromatic nitrogens is 1. The predicted molar refractivity (Wildman–Crippen MR) is 83.8 cm³/mol. The largest absolute Gasteiger partial charge is 0.478 e. The highest BCUT2D eigenvalue weighted by Gasteiger charge is 2.21. The first-order valence-electron chi connectivity index (χ1n) is 6.26. The number of hydrogen-bond acceptors (Lipinski definition) is 5. The minimum absolute atomic E-state index is 0.267. The van der Waals surface area contributed by atoms with Crippen LogP contribution < -0.4 is 4.72 Å². The van der Waals surface area contributed by atoms with E-state index in [2.05, 4.69) is 9.71 Å². The highest BCUT2D eigenvalue weighted by molar-refractivity contribution is 7.92. The fourth-order valence-electron chi connectivity index (χ4n) is 1.98. The summed E-state index contributed by atoms with van der Waals surface area (Å²) in [5, 5.41) is 8.78. The highest BCUT2D eigenvalue weighted by Crippen LogP contribution is 2.25. The molecule has 9 heteroatoms. The Bertz CT molecular complexity index is 1010. The minimum atomic E-state index is -4.17. The van der Waals surface area contributed by atoms with E-state index in [0.717, 1.165) is 22.3 Å². The monoisotopic (exact) mass is 352 g/mol. The van der Waals surface area contributed by atoms with Gasteiger partial charge in [0.1, 0.15) is 10.7 Å². The molecular formula is C14H9FN2O4S2. The first kappa shape index (κ1) is 15.4. The lowest BCUT2D eigenvalue weighted by Gasteiger charge is -2.09. The molecule has 118 valence electrons. The van der Waals surface area contributed by atoms with Crippen molar-refractivity contribution in [2.45, 2.75) is 4.90 Å². The molecule has 0 spiro atoms. The summed E-state index contributed by atoms with van der Waals surface area (Å²) in [7, 11) is -4.17. The van der Waals surface area contributed by atoms with Crippen molar-refractivity contribution in [1.29, 1.82) is 0 Å². The lowest BCUT2D eigenvalue weighted by molar-refractivity contribution is 0.0696. The minimum Gasteiger partial charge on any atom is -0.478 e. The molecule has 0 radical (unpaired) electrons. The number of halogens is 1. The second kappa shape index (κ2) is 5.60. The molecule has 0 amide bonds. The quantitative estimate of drug-likeness (QED) is 0.752. The van der Waals surface area contributed by atoms with Gasteiger partial charge in [0.2, 0.25) is 0 Å². The average molecular weight is 352 g/mol. The van der Waals surface area contributed by atoms with E-state index in [4.69, 9.17) is 5.11 Å². The van der Waals surface area contributed by atoms with Crippen molar-refractivity contribution in [2.24, 2.45) is 0 Å². The Morgan fingerprint density at radius 3 is 2.70 bits per heavy atom.